The minimum Gasteiger partial charge on any atom is -0.376 e. The van der Waals surface area contributed by atoms with Gasteiger partial charge in [-0.15, -0.1) is 0 Å². The molecule has 9 nitrogen and oxygen atoms in total. The van der Waals surface area contributed by atoms with Crippen molar-refractivity contribution in [3.63, 3.8) is 0 Å². The van der Waals surface area contributed by atoms with Crippen molar-refractivity contribution in [2.75, 3.05) is 18.5 Å². The van der Waals surface area contributed by atoms with Gasteiger partial charge in [-0.3, -0.25) is 10.1 Å². The summed E-state index contributed by atoms with van der Waals surface area (Å²) >= 11 is 0. The van der Waals surface area contributed by atoms with Crippen molar-refractivity contribution >= 4 is 11.7 Å². The highest BCUT2D eigenvalue weighted by atomic mass is 19.1. The lowest BCUT2D eigenvalue weighted by molar-refractivity contribution is -0.115. The molecule has 1 fully saturated rings. The second kappa shape index (κ2) is 10.8. The number of halogens is 1. The molecule has 0 radical (unpaired) electrons. The molecule has 5 rings (SSSR count). The molecule has 0 saturated carbocycles. The van der Waals surface area contributed by atoms with Gasteiger partial charge in [-0.05, 0) is 69.6 Å². The number of rotatable bonds is 8. The molecule has 0 spiro atoms. The number of fused-ring (bicyclic) bond motifs is 1. The number of nitrogens with one attached hydrogen (secondary N) is 2. The molecule has 3 aromatic rings. The minimum atomic E-state index is -0.412. The van der Waals surface area contributed by atoms with Crippen LogP contribution in [0.25, 0.3) is 11.4 Å². The number of ether oxygens (including phenoxy) is 1. The van der Waals surface area contributed by atoms with Crippen LogP contribution in [0, 0.1) is 24.1 Å². The maximum Gasteiger partial charge on any atom is 0.243 e. The fourth-order valence-electron chi connectivity index (χ4n) is 5.08. The molecule has 2 N–H and O–H groups in total. The maximum atomic E-state index is 13.9. The van der Waals surface area contributed by atoms with Crippen molar-refractivity contribution in [3.05, 3.63) is 52.3 Å². The topological polar surface area (TPSA) is 118 Å². The van der Waals surface area contributed by atoms with E-state index in [0.29, 0.717) is 34.9 Å². The Morgan fingerprint density at radius 2 is 2.16 bits per heavy atom. The lowest BCUT2D eigenvalue weighted by atomic mass is 9.95. The van der Waals surface area contributed by atoms with Crippen LogP contribution >= 0.6 is 0 Å². The van der Waals surface area contributed by atoms with Crippen molar-refractivity contribution in [1.82, 2.24) is 20.0 Å². The number of nitrogens with zero attached hydrogens (tertiary/aromatic N) is 4. The Morgan fingerprint density at radius 3 is 2.92 bits per heavy atom. The van der Waals surface area contributed by atoms with Gasteiger partial charge in [0.1, 0.15) is 17.7 Å². The molecule has 194 valence electrons. The number of carbonyl (C=O) groups excluding carboxylic acids is 1. The van der Waals surface area contributed by atoms with Gasteiger partial charge >= 0.3 is 0 Å². The SMILES string of the molecule is Cc1ccc(-c2noc(C(C)NCC(=O)Nc3c(C#N)c4c(n3CC3CCCO3)CCCC4)n2)cc1F. The number of hydrogen-bond donors (Lipinski definition) is 2. The summed E-state index contributed by atoms with van der Waals surface area (Å²) in [5, 5.41) is 20.0. The van der Waals surface area contributed by atoms with Crippen molar-refractivity contribution in [1.29, 1.82) is 5.26 Å². The van der Waals surface area contributed by atoms with Crippen LogP contribution in [0.4, 0.5) is 10.2 Å². The van der Waals surface area contributed by atoms with Crippen LogP contribution in [-0.2, 0) is 28.9 Å². The summed E-state index contributed by atoms with van der Waals surface area (Å²) in [5.74, 6) is 0.522. The monoisotopic (exact) mass is 506 g/mol. The summed E-state index contributed by atoms with van der Waals surface area (Å²) in [5.41, 5.74) is 3.80. The Labute approximate surface area is 215 Å². The Bertz CT molecular complexity index is 1330. The summed E-state index contributed by atoms with van der Waals surface area (Å²) in [6.07, 6.45) is 5.95. The first-order valence-electron chi connectivity index (χ1n) is 12.8. The third-order valence-corrected chi connectivity index (χ3v) is 7.16. The van der Waals surface area contributed by atoms with Gasteiger partial charge in [-0.25, -0.2) is 4.39 Å². The molecule has 1 aromatic carbocycles. The average molecular weight is 507 g/mol. The standard InChI is InChI=1S/C27H31FN6O3/c1-16-9-10-18(12-22(16)28)25-32-27(37-33-25)17(2)30-14-24(35)31-26-21(13-29)20-7-3-4-8-23(20)34(26)15-19-6-5-11-36-19/h9-10,12,17,19,30H,3-8,11,14-15H2,1-2H3,(H,31,35). The maximum absolute atomic E-state index is 13.9. The zero-order chi connectivity index (χ0) is 25.9. The second-order valence-electron chi connectivity index (χ2n) is 9.78. The van der Waals surface area contributed by atoms with Crippen LogP contribution in [0.15, 0.2) is 22.7 Å². The van der Waals surface area contributed by atoms with Gasteiger partial charge in [-0.1, -0.05) is 17.3 Å². The molecule has 1 aliphatic heterocycles. The highest BCUT2D eigenvalue weighted by Gasteiger charge is 2.28. The van der Waals surface area contributed by atoms with E-state index in [9.17, 15) is 14.4 Å². The van der Waals surface area contributed by atoms with Gasteiger partial charge in [0, 0.05) is 17.9 Å². The Kier molecular flexibility index (Phi) is 7.35. The number of nitriles is 1. The summed E-state index contributed by atoms with van der Waals surface area (Å²) in [6, 6.07) is 6.68. The van der Waals surface area contributed by atoms with E-state index in [1.165, 1.54) is 6.07 Å². The first-order chi connectivity index (χ1) is 17.9. The Balaban J connectivity index is 1.27. The van der Waals surface area contributed by atoms with Crippen LogP contribution < -0.4 is 10.6 Å². The molecule has 2 aromatic heterocycles. The summed E-state index contributed by atoms with van der Waals surface area (Å²) in [4.78, 5) is 17.3. The van der Waals surface area contributed by atoms with Crippen molar-refractivity contribution in [2.24, 2.45) is 0 Å². The largest absolute Gasteiger partial charge is 0.376 e. The highest BCUT2D eigenvalue weighted by Crippen LogP contribution is 2.34. The van der Waals surface area contributed by atoms with E-state index >= 15 is 0 Å². The van der Waals surface area contributed by atoms with E-state index in [-0.39, 0.29) is 30.2 Å². The highest BCUT2D eigenvalue weighted by molar-refractivity contribution is 5.93. The zero-order valence-corrected chi connectivity index (χ0v) is 21.1. The first kappa shape index (κ1) is 25.1. The molecule has 1 amide bonds. The fourth-order valence-corrected chi connectivity index (χ4v) is 5.08. The zero-order valence-electron chi connectivity index (χ0n) is 21.1. The van der Waals surface area contributed by atoms with Gasteiger partial charge in [0.25, 0.3) is 0 Å². The Hall–Kier alpha value is -3.55. The molecule has 2 atom stereocenters. The van der Waals surface area contributed by atoms with Gasteiger partial charge < -0.3 is 19.1 Å². The van der Waals surface area contributed by atoms with E-state index in [2.05, 4.69) is 31.4 Å². The smallest absolute Gasteiger partial charge is 0.243 e. The summed E-state index contributed by atoms with van der Waals surface area (Å²) in [7, 11) is 0. The van der Waals surface area contributed by atoms with E-state index < -0.39 is 6.04 Å². The van der Waals surface area contributed by atoms with Crippen LogP contribution in [0.3, 0.4) is 0 Å². The van der Waals surface area contributed by atoms with E-state index in [4.69, 9.17) is 9.26 Å². The van der Waals surface area contributed by atoms with Crippen molar-refractivity contribution in [2.45, 2.75) is 71.1 Å². The third kappa shape index (κ3) is 5.29. The fraction of sp³-hybridized carbons (Fsp3) is 0.481. The summed E-state index contributed by atoms with van der Waals surface area (Å²) in [6.45, 7) is 4.86. The van der Waals surface area contributed by atoms with Crippen molar-refractivity contribution in [3.8, 4) is 17.5 Å². The van der Waals surface area contributed by atoms with Gasteiger partial charge in [0.05, 0.1) is 30.8 Å². The van der Waals surface area contributed by atoms with Crippen LogP contribution in [0.5, 0.6) is 0 Å². The minimum absolute atomic E-state index is 0.0152. The molecule has 37 heavy (non-hydrogen) atoms. The van der Waals surface area contributed by atoms with Crippen LogP contribution in [0.2, 0.25) is 0 Å². The van der Waals surface area contributed by atoms with E-state index in [0.717, 1.165) is 56.4 Å². The molecule has 3 heterocycles. The van der Waals surface area contributed by atoms with Gasteiger partial charge in [-0.2, -0.15) is 10.2 Å². The van der Waals surface area contributed by atoms with Crippen molar-refractivity contribution < 1.29 is 18.4 Å². The number of anilines is 1. The number of amides is 1. The predicted molar refractivity (Wildman–Crippen MR) is 134 cm³/mol. The number of aromatic nitrogens is 3. The molecular weight excluding hydrogens is 475 g/mol. The molecule has 0 bridgehead atoms. The first-order valence-corrected chi connectivity index (χ1v) is 12.8. The number of hydrogen-bond acceptors (Lipinski definition) is 7. The van der Waals surface area contributed by atoms with Gasteiger partial charge in [0.2, 0.25) is 17.6 Å². The normalized spacial score (nSPS) is 17.8. The van der Waals surface area contributed by atoms with Crippen LogP contribution in [0.1, 0.15) is 66.9 Å². The molecule has 1 saturated heterocycles. The third-order valence-electron chi connectivity index (χ3n) is 7.16. The Morgan fingerprint density at radius 1 is 1.32 bits per heavy atom. The second-order valence-corrected chi connectivity index (χ2v) is 9.78. The lowest BCUT2D eigenvalue weighted by Crippen LogP contribution is -2.31. The molecule has 2 aliphatic rings. The molecule has 2 unspecified atom stereocenters. The lowest BCUT2D eigenvalue weighted by Gasteiger charge is -2.20. The molecule has 10 heteroatoms. The number of benzene rings is 1. The number of carbonyl (C=O) groups is 1. The quantitative estimate of drug-likeness (QED) is 0.470. The van der Waals surface area contributed by atoms with E-state index in [1.807, 2.05) is 0 Å². The predicted octanol–water partition coefficient (Wildman–Crippen LogP) is 4.20. The van der Waals surface area contributed by atoms with Crippen LogP contribution in [-0.4, -0.2) is 39.9 Å². The summed E-state index contributed by atoms with van der Waals surface area (Å²) < 4.78 is 27.2. The number of aryl methyl sites for hydroxylation is 1. The molecule has 1 aliphatic carbocycles. The molecular formula is C27H31FN6O3. The average Bonchev–Trinajstić information content (AvgIpc) is 3.65. The van der Waals surface area contributed by atoms with E-state index in [1.54, 1.807) is 26.0 Å². The van der Waals surface area contributed by atoms with Gasteiger partial charge in [0.15, 0.2) is 0 Å².